The maximum atomic E-state index is 6.81. The van der Waals surface area contributed by atoms with Crippen LogP contribution in [0, 0.1) is 46.3 Å². The minimum absolute atomic E-state index is 0. The molecule has 4 aliphatic carbocycles. The lowest BCUT2D eigenvalue weighted by atomic mass is 9.46. The number of halogens is 1. The van der Waals surface area contributed by atoms with Crippen molar-refractivity contribution in [2.24, 2.45) is 46.3 Å². The van der Waals surface area contributed by atoms with Crippen molar-refractivity contribution < 1.29 is 38.4 Å². The van der Waals surface area contributed by atoms with Crippen molar-refractivity contribution in [3.8, 4) is 0 Å². The summed E-state index contributed by atoms with van der Waals surface area (Å²) in [5.74, 6) is 5.12. The Morgan fingerprint density at radius 2 is 1.74 bits per heavy atom. The van der Waals surface area contributed by atoms with Crippen LogP contribution in [0.15, 0.2) is 11.6 Å². The summed E-state index contributed by atoms with van der Waals surface area (Å²) in [4.78, 5) is 1.75. The Hall–Kier alpha value is 0.350. The lowest BCUT2D eigenvalue weighted by Crippen LogP contribution is -3.13. The zero-order valence-corrected chi connectivity index (χ0v) is 28.2. The van der Waals surface area contributed by atoms with Crippen LogP contribution in [0.5, 0.6) is 0 Å². The Kier molecular flexibility index (Phi) is 9.60. The zero-order chi connectivity index (χ0) is 26.5. The van der Waals surface area contributed by atoms with Gasteiger partial charge in [-0.15, -0.1) is 0 Å². The fourth-order valence-corrected chi connectivity index (χ4v) is 11.1. The van der Waals surface area contributed by atoms with Crippen molar-refractivity contribution in [2.45, 2.75) is 136 Å². The second kappa shape index (κ2) is 12.2. The first-order valence-corrected chi connectivity index (χ1v) is 17.1. The van der Waals surface area contributed by atoms with Gasteiger partial charge in [-0.2, -0.15) is 0 Å². The van der Waals surface area contributed by atoms with Crippen molar-refractivity contribution in [2.75, 3.05) is 26.2 Å². The number of hydrogen-bond donors (Lipinski definition) is 1. The average Bonchev–Trinajstić information content (AvgIpc) is 3.45. The molecule has 6 rings (SSSR count). The van der Waals surface area contributed by atoms with Crippen LogP contribution in [0.3, 0.4) is 0 Å². The van der Waals surface area contributed by atoms with Gasteiger partial charge in [0.1, 0.15) is 12.6 Å². The SMILES string of the molecule is CC(C)CCC[C@@H](C)[C@H]1CC[C@H]2[C@@H]3CC=C4CC5(CC[C@]4(C)[C@H]3CC[C@]12C)OCC(C[NH+]1CCCCC1)O5.[I-]. The number of rotatable bonds is 7. The maximum absolute atomic E-state index is 6.81. The summed E-state index contributed by atoms with van der Waals surface area (Å²) in [6.07, 6.45) is 22.1. The number of allylic oxidation sites excluding steroid dienone is 1. The number of quaternary nitrogens is 1. The maximum Gasteiger partial charge on any atom is 0.172 e. The topological polar surface area (TPSA) is 22.9 Å². The number of piperidine rings is 1. The zero-order valence-electron chi connectivity index (χ0n) is 26.0. The molecule has 0 aromatic heterocycles. The molecular formula is C35H60INO2. The predicted molar refractivity (Wildman–Crippen MR) is 156 cm³/mol. The first kappa shape index (κ1) is 30.8. The van der Waals surface area contributed by atoms with Gasteiger partial charge in [-0.3, -0.25) is 0 Å². The Labute approximate surface area is 258 Å². The summed E-state index contributed by atoms with van der Waals surface area (Å²) in [7, 11) is 0. The van der Waals surface area contributed by atoms with Gasteiger partial charge in [-0.25, -0.2) is 0 Å². The van der Waals surface area contributed by atoms with Crippen LogP contribution in [0.25, 0.3) is 0 Å². The molecule has 1 N–H and O–H groups in total. The summed E-state index contributed by atoms with van der Waals surface area (Å²) in [6.45, 7) is 17.4. The molecule has 3 nitrogen and oxygen atoms in total. The minimum Gasteiger partial charge on any atom is -1.00 e. The Bertz CT molecular complexity index is 869. The van der Waals surface area contributed by atoms with E-state index in [2.05, 4.69) is 40.7 Å². The van der Waals surface area contributed by atoms with Crippen molar-refractivity contribution >= 4 is 0 Å². The van der Waals surface area contributed by atoms with Crippen molar-refractivity contribution in [3.05, 3.63) is 11.6 Å². The van der Waals surface area contributed by atoms with Gasteiger partial charge in [0.25, 0.3) is 0 Å². The summed E-state index contributed by atoms with van der Waals surface area (Å²) in [5, 5.41) is 0. The third kappa shape index (κ3) is 5.81. The molecule has 3 saturated carbocycles. The van der Waals surface area contributed by atoms with Gasteiger partial charge in [0, 0.05) is 12.8 Å². The molecule has 5 fully saturated rings. The van der Waals surface area contributed by atoms with Crippen LogP contribution in [0.2, 0.25) is 0 Å². The van der Waals surface area contributed by atoms with E-state index in [-0.39, 0.29) is 29.8 Å². The number of likely N-dealkylation sites (tertiary alicyclic amines) is 1. The summed E-state index contributed by atoms with van der Waals surface area (Å²) in [5.41, 5.74) is 2.66. The van der Waals surface area contributed by atoms with Crippen molar-refractivity contribution in [1.29, 1.82) is 0 Å². The molecular weight excluding hydrogens is 593 g/mol. The molecule has 1 spiro atoms. The highest BCUT2D eigenvalue weighted by atomic mass is 127. The quantitative estimate of drug-likeness (QED) is 0.329. The van der Waals surface area contributed by atoms with Gasteiger partial charge >= 0.3 is 0 Å². The molecule has 0 bridgehead atoms. The van der Waals surface area contributed by atoms with Gasteiger partial charge in [-0.05, 0) is 104 Å². The van der Waals surface area contributed by atoms with Crippen LogP contribution in [0.1, 0.15) is 125 Å². The third-order valence-corrected chi connectivity index (χ3v) is 13.3. The average molecular weight is 654 g/mol. The molecule has 0 aromatic rings. The molecule has 2 aliphatic heterocycles. The number of nitrogens with one attached hydrogen (secondary N) is 1. The van der Waals surface area contributed by atoms with Gasteiger partial charge < -0.3 is 38.4 Å². The van der Waals surface area contributed by atoms with Gasteiger partial charge in [0.2, 0.25) is 0 Å². The van der Waals surface area contributed by atoms with E-state index >= 15 is 0 Å². The Morgan fingerprint density at radius 3 is 2.51 bits per heavy atom. The fourth-order valence-electron chi connectivity index (χ4n) is 11.1. The third-order valence-electron chi connectivity index (χ3n) is 13.3. The molecule has 0 amide bonds. The van der Waals surface area contributed by atoms with Gasteiger partial charge in [-0.1, -0.05) is 65.5 Å². The highest BCUT2D eigenvalue weighted by Gasteiger charge is 2.61. The van der Waals surface area contributed by atoms with E-state index in [4.69, 9.17) is 9.47 Å². The fraction of sp³-hybridized carbons (Fsp3) is 0.943. The number of ether oxygens (including phenoxy) is 2. The predicted octanol–water partition coefficient (Wildman–Crippen LogP) is 4.21. The molecule has 224 valence electrons. The van der Waals surface area contributed by atoms with Crippen molar-refractivity contribution in [3.63, 3.8) is 0 Å². The largest absolute Gasteiger partial charge is 1.00 e. The first-order chi connectivity index (χ1) is 18.2. The smallest absolute Gasteiger partial charge is 0.172 e. The van der Waals surface area contributed by atoms with Crippen LogP contribution < -0.4 is 28.9 Å². The summed E-state index contributed by atoms with van der Waals surface area (Å²) in [6, 6.07) is 0. The van der Waals surface area contributed by atoms with E-state index in [9.17, 15) is 0 Å². The molecule has 2 heterocycles. The monoisotopic (exact) mass is 653 g/mol. The van der Waals surface area contributed by atoms with E-state index in [1.54, 1.807) is 10.5 Å². The van der Waals surface area contributed by atoms with E-state index < -0.39 is 0 Å². The van der Waals surface area contributed by atoms with E-state index in [1.807, 2.05) is 0 Å². The number of hydrogen-bond acceptors (Lipinski definition) is 2. The van der Waals surface area contributed by atoms with Crippen LogP contribution >= 0.6 is 0 Å². The normalized spacial score (nSPS) is 44.9. The molecule has 0 aromatic carbocycles. The van der Waals surface area contributed by atoms with E-state index in [0.29, 0.717) is 16.9 Å². The van der Waals surface area contributed by atoms with E-state index in [0.717, 1.165) is 61.5 Å². The summed E-state index contributed by atoms with van der Waals surface area (Å²) < 4.78 is 13.4. The molecule has 6 aliphatic rings. The standard InChI is InChI=1S/C35H59NO2.HI/c1-25(2)10-9-11-26(3)30-14-15-31-29-13-12-27-22-35(19-18-33(27,4)32(29)16-17-34(30,31)5)37-24-28(38-35)23-36-20-7-6-8-21-36;/h12,25-26,28-32H,6-11,13-24H2,1-5H3;1H/t26-,28?,29+,30-,31+,32+,33+,34-,35?;/m1./s1. The van der Waals surface area contributed by atoms with Gasteiger partial charge in [0.05, 0.1) is 19.7 Å². The van der Waals surface area contributed by atoms with Crippen LogP contribution in [-0.2, 0) is 9.47 Å². The molecule has 2 saturated heterocycles. The van der Waals surface area contributed by atoms with E-state index in [1.165, 1.54) is 90.1 Å². The molecule has 0 radical (unpaired) electrons. The second-order valence-corrected chi connectivity index (χ2v) is 15.9. The molecule has 4 heteroatoms. The minimum atomic E-state index is -0.314. The molecule has 2 unspecified atom stereocenters. The van der Waals surface area contributed by atoms with Crippen LogP contribution in [-0.4, -0.2) is 38.1 Å². The highest BCUT2D eigenvalue weighted by Crippen LogP contribution is 2.68. The summed E-state index contributed by atoms with van der Waals surface area (Å²) >= 11 is 0. The highest BCUT2D eigenvalue weighted by molar-refractivity contribution is 5.26. The van der Waals surface area contributed by atoms with Gasteiger partial charge in [0.15, 0.2) is 5.79 Å². The Balaban J connectivity index is 0.00000308. The van der Waals surface area contributed by atoms with Crippen LogP contribution in [0.4, 0.5) is 0 Å². The lowest BCUT2D eigenvalue weighted by molar-refractivity contribution is -0.907. The lowest BCUT2D eigenvalue weighted by Gasteiger charge is -2.59. The number of fused-ring (bicyclic) bond motifs is 5. The first-order valence-electron chi connectivity index (χ1n) is 17.1. The Morgan fingerprint density at radius 1 is 0.949 bits per heavy atom. The van der Waals surface area contributed by atoms with Crippen molar-refractivity contribution in [1.82, 2.24) is 0 Å². The second-order valence-electron chi connectivity index (χ2n) is 15.9. The molecule has 39 heavy (non-hydrogen) atoms. The molecule has 9 atom stereocenters.